The van der Waals surface area contributed by atoms with Gasteiger partial charge in [0, 0.05) is 0 Å². The van der Waals surface area contributed by atoms with Crippen LogP contribution in [0.4, 0.5) is 0 Å². The summed E-state index contributed by atoms with van der Waals surface area (Å²) in [6.45, 7) is 12.3. The molecule has 0 aromatic carbocycles. The lowest BCUT2D eigenvalue weighted by Gasteiger charge is -2.27. The summed E-state index contributed by atoms with van der Waals surface area (Å²) in [6, 6.07) is 5.34. The molecule has 70 valence electrons. The number of allylic oxidation sites excluding steroid dienone is 2. The molecule has 0 unspecified atom stereocenters. The third-order valence-electron chi connectivity index (χ3n) is 2.69. The molecule has 0 spiro atoms. The second-order valence-corrected chi connectivity index (χ2v) is 8.61. The van der Waals surface area contributed by atoms with E-state index in [9.17, 15) is 0 Å². The molecule has 0 aromatic heterocycles. The highest BCUT2D eigenvalue weighted by atomic mass is 28.3. The van der Waals surface area contributed by atoms with E-state index >= 15 is 0 Å². The van der Waals surface area contributed by atoms with Crippen molar-refractivity contribution in [2.45, 2.75) is 44.4 Å². The van der Waals surface area contributed by atoms with E-state index in [1.807, 2.05) is 0 Å². The third kappa shape index (κ3) is 3.40. The number of hydrogen-bond donors (Lipinski definition) is 0. The van der Waals surface area contributed by atoms with Crippen LogP contribution in [0.1, 0.15) is 20.3 Å². The third-order valence-corrected chi connectivity index (χ3v) is 8.06. The van der Waals surface area contributed by atoms with Crippen LogP contribution < -0.4 is 0 Å². The number of rotatable bonds is 7. The summed E-state index contributed by atoms with van der Waals surface area (Å²) in [5, 5.41) is 0. The highest BCUT2D eigenvalue weighted by molar-refractivity contribution is 6.80. The SMILES string of the molecule is C=CC[Si](CC)(CC=C)CCC. The minimum atomic E-state index is -1.01. The molecule has 1 heteroatoms. The Bertz CT molecular complexity index is 128. The van der Waals surface area contributed by atoms with Crippen LogP contribution in [0.2, 0.25) is 24.2 Å². The predicted molar refractivity (Wildman–Crippen MR) is 61.3 cm³/mol. The molecule has 12 heavy (non-hydrogen) atoms. The Hall–Kier alpha value is -0.303. The molecular weight excluding hydrogens is 160 g/mol. The Balaban J connectivity index is 4.25. The van der Waals surface area contributed by atoms with Gasteiger partial charge in [-0.25, -0.2) is 0 Å². The van der Waals surface area contributed by atoms with Crippen molar-refractivity contribution < 1.29 is 0 Å². The first-order valence-electron chi connectivity index (χ1n) is 4.96. The fraction of sp³-hybridized carbons (Fsp3) is 0.636. The van der Waals surface area contributed by atoms with Gasteiger partial charge in [-0.2, -0.15) is 0 Å². The molecule has 0 nitrogen and oxygen atoms in total. The van der Waals surface area contributed by atoms with Gasteiger partial charge in [-0.05, 0) is 12.1 Å². The van der Waals surface area contributed by atoms with Crippen molar-refractivity contribution in [2.75, 3.05) is 0 Å². The van der Waals surface area contributed by atoms with Crippen LogP contribution in [0.25, 0.3) is 0 Å². The van der Waals surface area contributed by atoms with Gasteiger partial charge in [0.1, 0.15) is 0 Å². The first kappa shape index (κ1) is 11.7. The highest BCUT2D eigenvalue weighted by Crippen LogP contribution is 2.27. The molecule has 0 aliphatic rings. The van der Waals surface area contributed by atoms with Crippen LogP contribution in [0.5, 0.6) is 0 Å². The average molecular weight is 182 g/mol. The molecule has 0 aliphatic carbocycles. The molecule has 0 saturated heterocycles. The van der Waals surface area contributed by atoms with Gasteiger partial charge in [-0.3, -0.25) is 0 Å². The zero-order valence-electron chi connectivity index (χ0n) is 8.60. The summed E-state index contributed by atoms with van der Waals surface area (Å²) in [7, 11) is -1.01. The van der Waals surface area contributed by atoms with E-state index in [0.29, 0.717) is 0 Å². The summed E-state index contributed by atoms with van der Waals surface area (Å²) in [6.07, 6.45) is 5.53. The van der Waals surface area contributed by atoms with Crippen molar-refractivity contribution in [1.82, 2.24) is 0 Å². The Morgan fingerprint density at radius 1 is 1.08 bits per heavy atom. The van der Waals surface area contributed by atoms with Gasteiger partial charge >= 0.3 is 0 Å². The summed E-state index contributed by atoms with van der Waals surface area (Å²) in [5.74, 6) is 0. The van der Waals surface area contributed by atoms with Crippen LogP contribution in [0.3, 0.4) is 0 Å². The Labute approximate surface area is 78.4 Å². The first-order valence-corrected chi connectivity index (χ1v) is 7.79. The molecule has 0 aliphatic heterocycles. The van der Waals surface area contributed by atoms with E-state index in [0.717, 1.165) is 0 Å². The van der Waals surface area contributed by atoms with Crippen molar-refractivity contribution in [3.63, 3.8) is 0 Å². The monoisotopic (exact) mass is 182 g/mol. The lowest BCUT2D eigenvalue weighted by Crippen LogP contribution is -2.31. The van der Waals surface area contributed by atoms with E-state index in [4.69, 9.17) is 0 Å². The first-order chi connectivity index (χ1) is 5.74. The van der Waals surface area contributed by atoms with Crippen molar-refractivity contribution in [3.8, 4) is 0 Å². The molecule has 0 fully saturated rings. The van der Waals surface area contributed by atoms with Crippen LogP contribution >= 0.6 is 0 Å². The Kier molecular flexibility index (Phi) is 6.08. The fourth-order valence-electron chi connectivity index (χ4n) is 1.90. The zero-order chi connectivity index (χ0) is 9.45. The Morgan fingerprint density at radius 3 is 1.83 bits per heavy atom. The van der Waals surface area contributed by atoms with E-state index in [2.05, 4.69) is 39.2 Å². The fourth-order valence-corrected chi connectivity index (χ4v) is 5.69. The molecule has 0 bridgehead atoms. The second-order valence-electron chi connectivity index (χ2n) is 3.59. The van der Waals surface area contributed by atoms with Gasteiger partial charge in [-0.1, -0.05) is 44.5 Å². The highest BCUT2D eigenvalue weighted by Gasteiger charge is 2.26. The molecule has 0 atom stereocenters. The standard InChI is InChI=1S/C11H22Si/c1-5-9-12(8-4,10-6-2)11-7-3/h5-6H,1-2,7-11H2,3-4H3. The lowest BCUT2D eigenvalue weighted by molar-refractivity contribution is 1.01. The number of hydrogen-bond acceptors (Lipinski definition) is 0. The maximum atomic E-state index is 3.86. The van der Waals surface area contributed by atoms with Gasteiger partial charge in [0.2, 0.25) is 0 Å². The quantitative estimate of drug-likeness (QED) is 0.408. The minimum Gasteiger partial charge on any atom is -0.103 e. The molecule has 0 rings (SSSR count). The van der Waals surface area contributed by atoms with Crippen molar-refractivity contribution in [3.05, 3.63) is 25.3 Å². The summed E-state index contributed by atoms with van der Waals surface area (Å²) < 4.78 is 0. The minimum absolute atomic E-state index is 1.01. The zero-order valence-corrected chi connectivity index (χ0v) is 9.60. The summed E-state index contributed by atoms with van der Waals surface area (Å²) in [5.41, 5.74) is 0. The van der Waals surface area contributed by atoms with E-state index in [1.54, 1.807) is 0 Å². The van der Waals surface area contributed by atoms with Gasteiger partial charge < -0.3 is 0 Å². The predicted octanol–water partition coefficient (Wildman–Crippen LogP) is 4.24. The van der Waals surface area contributed by atoms with Crippen LogP contribution in [0, 0.1) is 0 Å². The van der Waals surface area contributed by atoms with Crippen LogP contribution in [-0.4, -0.2) is 8.07 Å². The summed E-state index contributed by atoms with van der Waals surface area (Å²) >= 11 is 0. The van der Waals surface area contributed by atoms with Crippen molar-refractivity contribution in [1.29, 1.82) is 0 Å². The van der Waals surface area contributed by atoms with Crippen molar-refractivity contribution >= 4 is 8.07 Å². The normalized spacial score (nSPS) is 11.2. The lowest BCUT2D eigenvalue weighted by atomic mass is 10.6. The smallest absolute Gasteiger partial charge is 0.0607 e. The average Bonchev–Trinajstić information content (AvgIpc) is 2.06. The molecular formula is C11H22Si. The summed E-state index contributed by atoms with van der Waals surface area (Å²) in [4.78, 5) is 0. The van der Waals surface area contributed by atoms with Gasteiger partial charge in [-0.15, -0.1) is 13.2 Å². The van der Waals surface area contributed by atoms with Crippen LogP contribution in [-0.2, 0) is 0 Å². The molecule has 0 radical (unpaired) electrons. The van der Waals surface area contributed by atoms with E-state index in [-0.39, 0.29) is 0 Å². The van der Waals surface area contributed by atoms with Gasteiger partial charge in [0.25, 0.3) is 0 Å². The van der Waals surface area contributed by atoms with Gasteiger partial charge in [0.15, 0.2) is 0 Å². The largest absolute Gasteiger partial charge is 0.103 e. The molecule has 0 heterocycles. The van der Waals surface area contributed by atoms with Gasteiger partial charge in [0.05, 0.1) is 8.07 Å². The second kappa shape index (κ2) is 6.24. The van der Waals surface area contributed by atoms with E-state index in [1.165, 1.54) is 30.6 Å². The van der Waals surface area contributed by atoms with Crippen LogP contribution in [0.15, 0.2) is 25.3 Å². The molecule has 0 saturated carbocycles. The Morgan fingerprint density at radius 2 is 1.58 bits per heavy atom. The maximum absolute atomic E-state index is 3.86. The topological polar surface area (TPSA) is 0 Å². The van der Waals surface area contributed by atoms with Crippen molar-refractivity contribution in [2.24, 2.45) is 0 Å². The van der Waals surface area contributed by atoms with E-state index < -0.39 is 8.07 Å². The maximum Gasteiger partial charge on any atom is 0.0607 e. The molecule has 0 aromatic rings. The molecule has 0 amide bonds. The molecule has 0 N–H and O–H groups in total.